The Bertz CT molecular complexity index is 854. The first-order chi connectivity index (χ1) is 10.1. The Labute approximate surface area is 130 Å². The Morgan fingerprint density at radius 1 is 1.24 bits per heavy atom. The fraction of sp³-hybridized carbons (Fsp3) is 0.286. The minimum Gasteiger partial charge on any atom is -0.290 e. The van der Waals surface area contributed by atoms with Gasteiger partial charge in [0.1, 0.15) is 5.82 Å². The molecule has 1 aromatic carbocycles. The second-order valence-corrected chi connectivity index (χ2v) is 6.92. The molecule has 0 amide bonds. The van der Waals surface area contributed by atoms with Gasteiger partial charge < -0.3 is 0 Å². The van der Waals surface area contributed by atoms with Crippen LogP contribution in [0.25, 0.3) is 10.9 Å². The van der Waals surface area contributed by atoms with E-state index in [4.69, 9.17) is 0 Å². The van der Waals surface area contributed by atoms with Crippen LogP contribution in [-0.2, 0) is 7.05 Å². The van der Waals surface area contributed by atoms with Gasteiger partial charge in [0.2, 0.25) is 0 Å². The van der Waals surface area contributed by atoms with E-state index < -0.39 is 0 Å². The maximum absolute atomic E-state index is 12.3. The minimum atomic E-state index is -0.0447. The molecule has 108 valence electrons. The smallest absolute Gasteiger partial charge is 0.261 e. The summed E-state index contributed by atoms with van der Waals surface area (Å²) in [4.78, 5) is 21.4. The van der Waals surface area contributed by atoms with E-state index in [0.29, 0.717) is 22.0 Å². The molecule has 0 N–H and O–H groups in total. The van der Waals surface area contributed by atoms with Gasteiger partial charge in [-0.25, -0.2) is 9.97 Å². The lowest BCUT2D eigenvalue weighted by molar-refractivity contribution is 0.725. The number of fused-ring (bicyclic) bond motifs is 1. The third-order valence-corrected chi connectivity index (χ3v) is 4.87. The van der Waals surface area contributed by atoms with E-state index in [1.54, 1.807) is 17.7 Å². The van der Waals surface area contributed by atoms with Crippen molar-refractivity contribution in [1.82, 2.24) is 18.9 Å². The van der Waals surface area contributed by atoms with Crippen molar-refractivity contribution in [2.45, 2.75) is 29.3 Å². The Balaban J connectivity index is 2.04. The number of rotatable bonds is 3. The summed E-state index contributed by atoms with van der Waals surface area (Å²) in [6.45, 7) is 4.11. The van der Waals surface area contributed by atoms with E-state index >= 15 is 0 Å². The van der Waals surface area contributed by atoms with E-state index in [-0.39, 0.29) is 5.56 Å². The van der Waals surface area contributed by atoms with E-state index in [1.807, 2.05) is 18.2 Å². The van der Waals surface area contributed by atoms with Crippen LogP contribution in [0.2, 0.25) is 0 Å². The second-order valence-electron chi connectivity index (χ2n) is 4.95. The quantitative estimate of drug-likeness (QED) is 0.695. The molecule has 0 unspecified atom stereocenters. The summed E-state index contributed by atoms with van der Waals surface area (Å²) in [5.41, 5.74) is 0.661. The molecule has 2 heterocycles. The van der Waals surface area contributed by atoms with Crippen LogP contribution in [0.1, 0.15) is 25.6 Å². The highest BCUT2D eigenvalue weighted by atomic mass is 32.2. The zero-order chi connectivity index (χ0) is 15.0. The van der Waals surface area contributed by atoms with Gasteiger partial charge in [-0.3, -0.25) is 9.36 Å². The van der Waals surface area contributed by atoms with E-state index in [0.717, 1.165) is 10.2 Å². The average molecular weight is 318 g/mol. The average Bonchev–Trinajstić information content (AvgIpc) is 2.93. The highest BCUT2D eigenvalue weighted by Gasteiger charge is 2.13. The molecule has 0 aliphatic carbocycles. The van der Waals surface area contributed by atoms with Crippen LogP contribution >= 0.6 is 23.3 Å². The van der Waals surface area contributed by atoms with E-state index in [1.165, 1.54) is 23.3 Å². The summed E-state index contributed by atoms with van der Waals surface area (Å²) in [7, 11) is 1.73. The van der Waals surface area contributed by atoms with E-state index in [9.17, 15) is 4.79 Å². The van der Waals surface area contributed by atoms with Crippen molar-refractivity contribution < 1.29 is 0 Å². The summed E-state index contributed by atoms with van der Waals surface area (Å²) in [6.07, 6.45) is 0. The minimum absolute atomic E-state index is 0.0447. The molecule has 0 atom stereocenters. The third-order valence-electron chi connectivity index (χ3n) is 3.06. The third kappa shape index (κ3) is 2.71. The molecule has 3 aromatic rings. The summed E-state index contributed by atoms with van der Waals surface area (Å²) < 4.78 is 6.68. The summed E-state index contributed by atoms with van der Waals surface area (Å²) in [5.74, 6) is 1.12. The monoisotopic (exact) mass is 318 g/mol. The van der Waals surface area contributed by atoms with Gasteiger partial charge >= 0.3 is 0 Å². The molecule has 0 saturated carbocycles. The molecule has 0 fully saturated rings. The molecule has 7 heteroatoms. The van der Waals surface area contributed by atoms with Gasteiger partial charge in [-0.2, -0.15) is 4.37 Å². The number of para-hydroxylation sites is 1. The highest BCUT2D eigenvalue weighted by molar-refractivity contribution is 8.00. The largest absolute Gasteiger partial charge is 0.290 e. The van der Waals surface area contributed by atoms with Gasteiger partial charge in [0, 0.05) is 13.0 Å². The van der Waals surface area contributed by atoms with Crippen molar-refractivity contribution >= 4 is 34.2 Å². The normalized spacial score (nSPS) is 11.4. The van der Waals surface area contributed by atoms with Crippen molar-refractivity contribution in [1.29, 1.82) is 0 Å². The van der Waals surface area contributed by atoms with Crippen LogP contribution in [0.3, 0.4) is 0 Å². The molecule has 0 saturated heterocycles. The van der Waals surface area contributed by atoms with Crippen molar-refractivity contribution in [3.63, 3.8) is 0 Å². The fourth-order valence-electron chi connectivity index (χ4n) is 1.86. The van der Waals surface area contributed by atoms with Gasteiger partial charge in [-0.15, -0.1) is 0 Å². The molecular weight excluding hydrogens is 304 g/mol. The van der Waals surface area contributed by atoms with E-state index in [2.05, 4.69) is 28.2 Å². The second kappa shape index (κ2) is 5.57. The van der Waals surface area contributed by atoms with Crippen molar-refractivity contribution in [3.8, 4) is 0 Å². The number of aromatic nitrogens is 4. The van der Waals surface area contributed by atoms with Crippen LogP contribution in [0, 0.1) is 0 Å². The highest BCUT2D eigenvalue weighted by Crippen LogP contribution is 2.28. The van der Waals surface area contributed by atoms with Crippen molar-refractivity contribution in [3.05, 3.63) is 40.4 Å². The molecule has 2 aromatic heterocycles. The Morgan fingerprint density at radius 2 is 2.00 bits per heavy atom. The molecule has 21 heavy (non-hydrogen) atoms. The predicted octanol–water partition coefficient (Wildman–Crippen LogP) is 3.06. The van der Waals surface area contributed by atoms with Crippen LogP contribution in [-0.4, -0.2) is 18.9 Å². The molecule has 0 bridgehead atoms. The summed E-state index contributed by atoms with van der Waals surface area (Å²) >= 11 is 2.72. The SMILES string of the molecule is CC(C)c1nsc(Sc2nc3ccccc3c(=O)n2C)n1. The van der Waals surface area contributed by atoms with Crippen LogP contribution < -0.4 is 5.56 Å². The maximum Gasteiger partial charge on any atom is 0.261 e. The molecule has 5 nitrogen and oxygen atoms in total. The lowest BCUT2D eigenvalue weighted by atomic mass is 10.2. The first kappa shape index (κ1) is 14.2. The molecular formula is C14H14N4OS2. The van der Waals surface area contributed by atoms with Crippen LogP contribution in [0.15, 0.2) is 38.6 Å². The zero-order valence-electron chi connectivity index (χ0n) is 11.9. The number of hydrogen-bond donors (Lipinski definition) is 0. The zero-order valence-corrected chi connectivity index (χ0v) is 13.5. The Hall–Kier alpha value is -1.73. The first-order valence-corrected chi connectivity index (χ1v) is 8.12. The van der Waals surface area contributed by atoms with Crippen molar-refractivity contribution in [2.75, 3.05) is 0 Å². The fourth-order valence-corrected chi connectivity index (χ4v) is 3.56. The first-order valence-electron chi connectivity index (χ1n) is 6.53. The maximum atomic E-state index is 12.3. The Kier molecular flexibility index (Phi) is 3.77. The van der Waals surface area contributed by atoms with Gasteiger partial charge in [-0.05, 0) is 35.4 Å². The molecule has 0 spiro atoms. The summed E-state index contributed by atoms with van der Waals surface area (Å²) in [5, 5.41) is 1.26. The Morgan fingerprint density at radius 3 is 2.71 bits per heavy atom. The van der Waals surface area contributed by atoms with Gasteiger partial charge in [0.15, 0.2) is 9.50 Å². The van der Waals surface area contributed by atoms with Gasteiger partial charge in [-0.1, -0.05) is 26.0 Å². The van der Waals surface area contributed by atoms with Gasteiger partial charge in [0.25, 0.3) is 5.56 Å². The number of nitrogens with zero attached hydrogens (tertiary/aromatic N) is 4. The molecule has 0 radical (unpaired) electrons. The van der Waals surface area contributed by atoms with Crippen LogP contribution in [0.4, 0.5) is 0 Å². The lowest BCUT2D eigenvalue weighted by Crippen LogP contribution is -2.19. The lowest BCUT2D eigenvalue weighted by Gasteiger charge is -2.06. The molecule has 3 rings (SSSR count). The van der Waals surface area contributed by atoms with Crippen LogP contribution in [0.5, 0.6) is 0 Å². The number of hydrogen-bond acceptors (Lipinski definition) is 6. The summed E-state index contributed by atoms with van der Waals surface area (Å²) in [6, 6.07) is 7.37. The van der Waals surface area contributed by atoms with Crippen molar-refractivity contribution in [2.24, 2.45) is 7.05 Å². The van der Waals surface area contributed by atoms with Gasteiger partial charge in [0.05, 0.1) is 10.9 Å². The molecule has 0 aliphatic heterocycles. The topological polar surface area (TPSA) is 60.7 Å². The predicted molar refractivity (Wildman–Crippen MR) is 85.1 cm³/mol. The molecule has 0 aliphatic rings. The number of benzene rings is 1. The standard InChI is InChI=1S/C14H14N4OS2/c1-8(2)11-16-14(21-17-11)20-13-15-10-7-5-4-6-9(10)12(19)18(13)3/h4-8H,1-3H3.